The second kappa shape index (κ2) is 7.95. The number of hydrogen-bond acceptors (Lipinski definition) is 6. The van der Waals surface area contributed by atoms with Crippen molar-refractivity contribution < 1.29 is 18.0 Å². The molecule has 1 aromatic heterocycles. The lowest BCUT2D eigenvalue weighted by Crippen LogP contribution is -2.13. The van der Waals surface area contributed by atoms with E-state index in [0.717, 1.165) is 17.3 Å². The molecule has 0 radical (unpaired) electrons. The highest BCUT2D eigenvalue weighted by Crippen LogP contribution is 2.32. The van der Waals surface area contributed by atoms with E-state index in [0.29, 0.717) is 5.69 Å². The van der Waals surface area contributed by atoms with Crippen LogP contribution in [0.3, 0.4) is 0 Å². The third kappa shape index (κ3) is 4.40. The zero-order chi connectivity index (χ0) is 22.0. The van der Waals surface area contributed by atoms with Gasteiger partial charge in [-0.25, -0.2) is 4.98 Å². The van der Waals surface area contributed by atoms with Crippen LogP contribution in [0.15, 0.2) is 48.7 Å². The molecule has 10 heteroatoms. The summed E-state index contributed by atoms with van der Waals surface area (Å²) in [4.78, 5) is 19.8. The number of benzene rings is 2. The molecule has 1 aliphatic heterocycles. The standard InChI is InChI=1S/C21H15F3N6O/c22-21(23,24)16-4-2-1-3-12(16)10-26-19-14(9-25)11-27-20(30-19)28-15-5-6-17-13(7-15)8-18(31)29-17/h1-7,11H,8,10H2,(H,29,31)(H2,26,27,28,30). The van der Waals surface area contributed by atoms with Crippen molar-refractivity contribution in [3.05, 3.63) is 70.9 Å². The van der Waals surface area contributed by atoms with Crippen molar-refractivity contribution in [2.45, 2.75) is 19.1 Å². The molecule has 2 aromatic carbocycles. The number of nitriles is 1. The van der Waals surface area contributed by atoms with E-state index < -0.39 is 11.7 Å². The lowest BCUT2D eigenvalue weighted by atomic mass is 10.1. The molecule has 4 rings (SSSR count). The zero-order valence-corrected chi connectivity index (χ0v) is 15.9. The molecule has 0 atom stereocenters. The molecule has 2 heterocycles. The number of fused-ring (bicyclic) bond motifs is 1. The summed E-state index contributed by atoms with van der Waals surface area (Å²) < 4.78 is 39.6. The fourth-order valence-electron chi connectivity index (χ4n) is 3.22. The third-order valence-corrected chi connectivity index (χ3v) is 4.66. The third-order valence-electron chi connectivity index (χ3n) is 4.66. The molecule has 0 unspecified atom stereocenters. The molecule has 0 bridgehead atoms. The molecule has 0 aliphatic carbocycles. The number of rotatable bonds is 5. The maximum atomic E-state index is 13.2. The summed E-state index contributed by atoms with van der Waals surface area (Å²) in [7, 11) is 0. The van der Waals surface area contributed by atoms with Gasteiger partial charge in [-0.1, -0.05) is 18.2 Å². The van der Waals surface area contributed by atoms with E-state index >= 15 is 0 Å². The second-order valence-corrected chi connectivity index (χ2v) is 6.80. The minimum Gasteiger partial charge on any atom is -0.365 e. The molecule has 1 amide bonds. The Kier molecular flexibility index (Phi) is 5.17. The number of carbonyl (C=O) groups is 1. The summed E-state index contributed by atoms with van der Waals surface area (Å²) >= 11 is 0. The summed E-state index contributed by atoms with van der Waals surface area (Å²) in [6.45, 7) is -0.173. The number of hydrogen-bond donors (Lipinski definition) is 3. The molecule has 0 saturated carbocycles. The van der Waals surface area contributed by atoms with Gasteiger partial charge in [0, 0.05) is 17.9 Å². The quantitative estimate of drug-likeness (QED) is 0.567. The fraction of sp³-hybridized carbons (Fsp3) is 0.143. The van der Waals surface area contributed by atoms with Crippen LogP contribution in [-0.2, 0) is 23.9 Å². The van der Waals surface area contributed by atoms with E-state index in [-0.39, 0.29) is 41.8 Å². The van der Waals surface area contributed by atoms with Crippen LogP contribution in [0, 0.1) is 11.3 Å². The Morgan fingerprint density at radius 3 is 2.77 bits per heavy atom. The van der Waals surface area contributed by atoms with E-state index in [2.05, 4.69) is 25.9 Å². The molecule has 3 N–H and O–H groups in total. The molecule has 7 nitrogen and oxygen atoms in total. The first-order valence-electron chi connectivity index (χ1n) is 9.19. The monoisotopic (exact) mass is 424 g/mol. The fourth-order valence-corrected chi connectivity index (χ4v) is 3.22. The van der Waals surface area contributed by atoms with Crippen molar-refractivity contribution in [3.8, 4) is 6.07 Å². The van der Waals surface area contributed by atoms with Crippen LogP contribution in [0.5, 0.6) is 0 Å². The van der Waals surface area contributed by atoms with Crippen molar-refractivity contribution in [1.29, 1.82) is 5.26 Å². The Hall–Kier alpha value is -4.13. The summed E-state index contributed by atoms with van der Waals surface area (Å²) in [5, 5.41) is 17.8. The van der Waals surface area contributed by atoms with Gasteiger partial charge >= 0.3 is 6.18 Å². The Morgan fingerprint density at radius 1 is 1.19 bits per heavy atom. The first-order valence-corrected chi connectivity index (χ1v) is 9.19. The number of amides is 1. The van der Waals surface area contributed by atoms with E-state index in [1.165, 1.54) is 24.4 Å². The Labute approximate surface area is 175 Å². The molecular weight excluding hydrogens is 409 g/mol. The minimum absolute atomic E-state index is 0.0304. The molecule has 0 saturated heterocycles. The predicted molar refractivity (Wildman–Crippen MR) is 108 cm³/mol. The first-order chi connectivity index (χ1) is 14.8. The SMILES string of the molecule is N#Cc1cnc(Nc2ccc3c(c2)CC(=O)N3)nc1NCc1ccccc1C(F)(F)F. The Morgan fingerprint density at radius 2 is 2.00 bits per heavy atom. The van der Waals surface area contributed by atoms with Gasteiger partial charge in [0.15, 0.2) is 0 Å². The van der Waals surface area contributed by atoms with Crippen molar-refractivity contribution >= 4 is 29.0 Å². The highest BCUT2D eigenvalue weighted by Gasteiger charge is 2.32. The maximum Gasteiger partial charge on any atom is 0.416 e. The summed E-state index contributed by atoms with van der Waals surface area (Å²) in [6, 6.07) is 12.4. The molecule has 31 heavy (non-hydrogen) atoms. The van der Waals surface area contributed by atoms with Crippen LogP contribution in [0.1, 0.15) is 22.3 Å². The van der Waals surface area contributed by atoms with Crippen LogP contribution >= 0.6 is 0 Å². The van der Waals surface area contributed by atoms with Crippen LogP contribution in [0.4, 0.5) is 36.3 Å². The van der Waals surface area contributed by atoms with E-state index in [4.69, 9.17) is 0 Å². The van der Waals surface area contributed by atoms with Crippen LogP contribution < -0.4 is 16.0 Å². The van der Waals surface area contributed by atoms with Gasteiger partial charge in [0.05, 0.1) is 18.2 Å². The van der Waals surface area contributed by atoms with E-state index in [9.17, 15) is 23.2 Å². The molecule has 156 valence electrons. The van der Waals surface area contributed by atoms with Crippen LogP contribution in [0.2, 0.25) is 0 Å². The van der Waals surface area contributed by atoms with Gasteiger partial charge in [-0.05, 0) is 35.4 Å². The van der Waals surface area contributed by atoms with Gasteiger partial charge in [0.2, 0.25) is 11.9 Å². The zero-order valence-electron chi connectivity index (χ0n) is 15.9. The smallest absolute Gasteiger partial charge is 0.365 e. The van der Waals surface area contributed by atoms with Gasteiger partial charge in [-0.3, -0.25) is 4.79 Å². The van der Waals surface area contributed by atoms with Gasteiger partial charge in [-0.15, -0.1) is 0 Å². The molecule has 0 fully saturated rings. The highest BCUT2D eigenvalue weighted by molar-refractivity contribution is 5.99. The predicted octanol–water partition coefficient (Wildman–Crippen LogP) is 4.22. The topological polar surface area (TPSA) is 103 Å². The number of nitrogens with zero attached hydrogens (tertiary/aromatic N) is 3. The van der Waals surface area contributed by atoms with Gasteiger partial charge in [0.25, 0.3) is 0 Å². The second-order valence-electron chi connectivity index (χ2n) is 6.80. The largest absolute Gasteiger partial charge is 0.416 e. The summed E-state index contributed by atoms with van der Waals surface area (Å²) in [5.41, 5.74) is 1.57. The summed E-state index contributed by atoms with van der Waals surface area (Å²) in [5.74, 6) is 0.171. The van der Waals surface area contributed by atoms with Crippen LogP contribution in [0.25, 0.3) is 0 Å². The van der Waals surface area contributed by atoms with Gasteiger partial charge in [-0.2, -0.15) is 23.4 Å². The van der Waals surface area contributed by atoms with Crippen molar-refractivity contribution in [2.75, 3.05) is 16.0 Å². The number of carbonyl (C=O) groups excluding carboxylic acids is 1. The number of aromatic nitrogens is 2. The number of anilines is 4. The first kappa shape index (κ1) is 20.2. The normalized spacial score (nSPS) is 12.6. The molecule has 1 aliphatic rings. The van der Waals surface area contributed by atoms with E-state index in [1.807, 2.05) is 6.07 Å². The van der Waals surface area contributed by atoms with E-state index in [1.54, 1.807) is 18.2 Å². The molecular formula is C21H15F3N6O. The minimum atomic E-state index is -4.49. The van der Waals surface area contributed by atoms with Gasteiger partial charge in [0.1, 0.15) is 17.5 Å². The molecule has 3 aromatic rings. The Bertz CT molecular complexity index is 1200. The lowest BCUT2D eigenvalue weighted by Gasteiger charge is -2.14. The van der Waals surface area contributed by atoms with Crippen molar-refractivity contribution in [3.63, 3.8) is 0 Å². The average Bonchev–Trinajstić information content (AvgIpc) is 3.11. The number of nitrogens with one attached hydrogen (secondary N) is 3. The Balaban J connectivity index is 1.55. The molecule has 0 spiro atoms. The van der Waals surface area contributed by atoms with Crippen molar-refractivity contribution in [1.82, 2.24) is 9.97 Å². The number of alkyl halides is 3. The van der Waals surface area contributed by atoms with Crippen molar-refractivity contribution in [2.24, 2.45) is 0 Å². The highest BCUT2D eigenvalue weighted by atomic mass is 19.4. The summed E-state index contributed by atoms with van der Waals surface area (Å²) in [6.07, 6.45) is -2.94. The van der Waals surface area contributed by atoms with Gasteiger partial charge < -0.3 is 16.0 Å². The average molecular weight is 424 g/mol. The lowest BCUT2D eigenvalue weighted by molar-refractivity contribution is -0.138. The number of halogens is 3. The van der Waals surface area contributed by atoms with Crippen LogP contribution in [-0.4, -0.2) is 15.9 Å². The maximum absolute atomic E-state index is 13.2.